The highest BCUT2D eigenvalue weighted by Gasteiger charge is 2.17. The molecule has 0 unspecified atom stereocenters. The maximum Gasteiger partial charge on any atom is 0.225 e. The zero-order chi connectivity index (χ0) is 16.3. The number of amides is 1. The zero-order valence-electron chi connectivity index (χ0n) is 14.1. The Balaban J connectivity index is 2.29. The molecule has 0 bridgehead atoms. The molecule has 1 aromatic heterocycles. The Morgan fingerprint density at radius 1 is 1.18 bits per heavy atom. The fourth-order valence-corrected chi connectivity index (χ4v) is 3.86. The Labute approximate surface area is 136 Å². The van der Waals surface area contributed by atoms with Gasteiger partial charge in [-0.15, -0.1) is 0 Å². The first kappa shape index (κ1) is 16.9. The van der Waals surface area contributed by atoms with E-state index in [4.69, 9.17) is 4.98 Å². The van der Waals surface area contributed by atoms with Crippen molar-refractivity contribution in [3.63, 3.8) is 0 Å². The standard InChI is InChI=1S/C17H25N3OS/c1-6-19(7-2)8-9-20(14(5)21)17-18-16-13(4)10-12(3)11-15(16)22-17/h10-11H,6-9H2,1-5H3. The van der Waals surface area contributed by atoms with Gasteiger partial charge in [0.1, 0.15) is 0 Å². The number of fused-ring (bicyclic) bond motifs is 1. The smallest absolute Gasteiger partial charge is 0.225 e. The van der Waals surface area contributed by atoms with Crippen LogP contribution < -0.4 is 4.90 Å². The lowest BCUT2D eigenvalue weighted by Crippen LogP contribution is -2.37. The number of aryl methyl sites for hydroxylation is 2. The van der Waals surface area contributed by atoms with Crippen LogP contribution in [0.15, 0.2) is 12.1 Å². The van der Waals surface area contributed by atoms with Crippen LogP contribution in [0.2, 0.25) is 0 Å². The van der Waals surface area contributed by atoms with Crippen molar-refractivity contribution in [2.75, 3.05) is 31.1 Å². The van der Waals surface area contributed by atoms with E-state index in [0.717, 1.165) is 35.0 Å². The molecule has 4 nitrogen and oxygen atoms in total. The topological polar surface area (TPSA) is 36.4 Å². The van der Waals surface area contributed by atoms with Gasteiger partial charge in [0.25, 0.3) is 0 Å². The van der Waals surface area contributed by atoms with E-state index in [0.29, 0.717) is 6.54 Å². The molecule has 0 aliphatic heterocycles. The molecule has 0 N–H and O–H groups in total. The van der Waals surface area contributed by atoms with Crippen LogP contribution in [0.1, 0.15) is 31.9 Å². The second-order valence-corrected chi connectivity index (χ2v) is 6.63. The van der Waals surface area contributed by atoms with Gasteiger partial charge < -0.3 is 4.90 Å². The van der Waals surface area contributed by atoms with Gasteiger partial charge in [-0.3, -0.25) is 9.69 Å². The van der Waals surface area contributed by atoms with Crippen molar-refractivity contribution < 1.29 is 4.79 Å². The first-order valence-corrected chi connectivity index (χ1v) is 8.66. The van der Waals surface area contributed by atoms with E-state index in [2.05, 4.69) is 44.7 Å². The summed E-state index contributed by atoms with van der Waals surface area (Å²) in [7, 11) is 0. The van der Waals surface area contributed by atoms with Crippen LogP contribution >= 0.6 is 11.3 Å². The van der Waals surface area contributed by atoms with Gasteiger partial charge in [-0.1, -0.05) is 31.3 Å². The number of thiazole rings is 1. The van der Waals surface area contributed by atoms with Crippen molar-refractivity contribution in [3.05, 3.63) is 23.3 Å². The molecule has 0 aliphatic rings. The third-order valence-electron chi connectivity index (χ3n) is 3.96. The number of carbonyl (C=O) groups is 1. The van der Waals surface area contributed by atoms with Gasteiger partial charge in [0.15, 0.2) is 5.13 Å². The quantitative estimate of drug-likeness (QED) is 0.816. The van der Waals surface area contributed by atoms with Gasteiger partial charge >= 0.3 is 0 Å². The fraction of sp³-hybridized carbons (Fsp3) is 0.529. The number of likely N-dealkylation sites (N-methyl/N-ethyl adjacent to an activating group) is 1. The van der Waals surface area contributed by atoms with E-state index < -0.39 is 0 Å². The SMILES string of the molecule is CCN(CC)CCN(C(C)=O)c1nc2c(C)cc(C)cc2s1. The minimum atomic E-state index is 0.0561. The summed E-state index contributed by atoms with van der Waals surface area (Å²) < 4.78 is 1.15. The predicted octanol–water partition coefficient (Wildman–Crippen LogP) is 3.61. The minimum absolute atomic E-state index is 0.0561. The second kappa shape index (κ2) is 7.20. The number of rotatable bonds is 6. The summed E-state index contributed by atoms with van der Waals surface area (Å²) in [5, 5.41) is 0.809. The molecule has 2 rings (SSSR count). The van der Waals surface area contributed by atoms with Crippen molar-refractivity contribution in [2.45, 2.75) is 34.6 Å². The number of hydrogen-bond donors (Lipinski definition) is 0. The molecule has 0 saturated heterocycles. The molecule has 1 amide bonds. The highest BCUT2D eigenvalue weighted by Crippen LogP contribution is 2.31. The predicted molar refractivity (Wildman–Crippen MR) is 94.9 cm³/mol. The molecule has 5 heteroatoms. The number of carbonyl (C=O) groups excluding carboxylic acids is 1. The number of benzene rings is 1. The van der Waals surface area contributed by atoms with Crippen molar-refractivity contribution >= 4 is 32.6 Å². The van der Waals surface area contributed by atoms with Crippen molar-refractivity contribution in [2.24, 2.45) is 0 Å². The molecule has 1 heterocycles. The van der Waals surface area contributed by atoms with Crippen molar-refractivity contribution in [3.8, 4) is 0 Å². The summed E-state index contributed by atoms with van der Waals surface area (Å²) in [5.41, 5.74) is 3.42. The number of aromatic nitrogens is 1. The molecule has 0 aliphatic carbocycles. The normalized spacial score (nSPS) is 11.4. The first-order chi connectivity index (χ1) is 10.5. The molecule has 1 aromatic carbocycles. The van der Waals surface area contributed by atoms with Gasteiger partial charge in [0.2, 0.25) is 5.91 Å². The summed E-state index contributed by atoms with van der Waals surface area (Å²) in [6, 6.07) is 4.28. The lowest BCUT2D eigenvalue weighted by molar-refractivity contribution is -0.116. The maximum atomic E-state index is 12.0. The fourth-order valence-electron chi connectivity index (χ4n) is 2.64. The van der Waals surface area contributed by atoms with Gasteiger partial charge in [-0.25, -0.2) is 4.98 Å². The molecule has 2 aromatic rings. The third-order valence-corrected chi connectivity index (χ3v) is 4.99. The summed E-state index contributed by atoms with van der Waals surface area (Å²) in [6.45, 7) is 13.6. The number of anilines is 1. The van der Waals surface area contributed by atoms with Crippen LogP contribution in [0, 0.1) is 13.8 Å². The Kier molecular flexibility index (Phi) is 5.53. The zero-order valence-corrected chi connectivity index (χ0v) is 15.0. The third kappa shape index (κ3) is 3.65. The van der Waals surface area contributed by atoms with E-state index >= 15 is 0 Å². The summed E-state index contributed by atoms with van der Waals surface area (Å²) in [4.78, 5) is 20.9. The van der Waals surface area contributed by atoms with Gasteiger partial charge in [0.05, 0.1) is 10.2 Å². The van der Waals surface area contributed by atoms with Crippen LogP contribution in [-0.2, 0) is 4.79 Å². The van der Waals surface area contributed by atoms with E-state index in [9.17, 15) is 4.79 Å². The average molecular weight is 319 g/mol. The lowest BCUT2D eigenvalue weighted by atomic mass is 10.1. The molecule has 120 valence electrons. The van der Waals surface area contributed by atoms with E-state index in [1.807, 2.05) is 0 Å². The summed E-state index contributed by atoms with van der Waals surface area (Å²) in [6.07, 6.45) is 0. The Hall–Kier alpha value is -1.46. The van der Waals surface area contributed by atoms with Crippen molar-refractivity contribution in [1.29, 1.82) is 0 Å². The van der Waals surface area contributed by atoms with Crippen LogP contribution in [0.5, 0.6) is 0 Å². The number of nitrogens with zero attached hydrogens (tertiary/aromatic N) is 3. The second-order valence-electron chi connectivity index (χ2n) is 5.62. The highest BCUT2D eigenvalue weighted by molar-refractivity contribution is 7.22. The largest absolute Gasteiger partial charge is 0.302 e. The van der Waals surface area contributed by atoms with E-state index in [1.54, 1.807) is 23.2 Å². The number of hydrogen-bond acceptors (Lipinski definition) is 4. The van der Waals surface area contributed by atoms with Crippen LogP contribution in [0.3, 0.4) is 0 Å². The van der Waals surface area contributed by atoms with Crippen LogP contribution in [-0.4, -0.2) is 42.0 Å². The van der Waals surface area contributed by atoms with E-state index in [-0.39, 0.29) is 5.91 Å². The van der Waals surface area contributed by atoms with Crippen molar-refractivity contribution in [1.82, 2.24) is 9.88 Å². The molecule has 0 atom stereocenters. The first-order valence-electron chi connectivity index (χ1n) is 7.84. The maximum absolute atomic E-state index is 12.0. The molecular weight excluding hydrogens is 294 g/mol. The molecule has 0 spiro atoms. The average Bonchev–Trinajstić information content (AvgIpc) is 2.87. The molecular formula is C17H25N3OS. The molecule has 22 heavy (non-hydrogen) atoms. The van der Waals surface area contributed by atoms with Crippen LogP contribution in [0.25, 0.3) is 10.2 Å². The lowest BCUT2D eigenvalue weighted by Gasteiger charge is -2.23. The van der Waals surface area contributed by atoms with Gasteiger partial charge in [-0.2, -0.15) is 0 Å². The Morgan fingerprint density at radius 3 is 2.45 bits per heavy atom. The minimum Gasteiger partial charge on any atom is -0.302 e. The Morgan fingerprint density at radius 2 is 1.86 bits per heavy atom. The molecule has 0 saturated carbocycles. The monoisotopic (exact) mass is 319 g/mol. The van der Waals surface area contributed by atoms with Gasteiger partial charge in [-0.05, 0) is 44.1 Å². The van der Waals surface area contributed by atoms with Crippen LogP contribution in [0.4, 0.5) is 5.13 Å². The Bertz CT molecular complexity index is 661. The van der Waals surface area contributed by atoms with Gasteiger partial charge in [0, 0.05) is 20.0 Å². The summed E-state index contributed by atoms with van der Waals surface area (Å²) >= 11 is 1.60. The molecule has 0 radical (unpaired) electrons. The summed E-state index contributed by atoms with van der Waals surface area (Å²) in [5.74, 6) is 0.0561. The van der Waals surface area contributed by atoms with E-state index in [1.165, 1.54) is 11.1 Å². The molecule has 0 fully saturated rings. The highest BCUT2D eigenvalue weighted by atomic mass is 32.1.